The number of carbonyl (C=O) groups is 1. The van der Waals surface area contributed by atoms with Crippen molar-refractivity contribution in [1.82, 2.24) is 0 Å². The number of hydrogen-bond acceptors (Lipinski definition) is 4. The number of anilines is 1. The molecule has 96 valence electrons. The fraction of sp³-hybridized carbons (Fsp3) is 0.0667. The Kier molecular flexibility index (Phi) is 4.29. The lowest BCUT2D eigenvalue weighted by molar-refractivity contribution is -0.131. The van der Waals surface area contributed by atoms with Crippen molar-refractivity contribution < 1.29 is 9.53 Å². The zero-order valence-electron chi connectivity index (χ0n) is 10.5. The first-order valence-corrected chi connectivity index (χ1v) is 5.87. The molecule has 0 aliphatic heterocycles. The molecule has 0 saturated heterocycles. The summed E-state index contributed by atoms with van der Waals surface area (Å²) in [7, 11) is 0. The minimum Gasteiger partial charge on any atom is -0.426 e. The maximum Gasteiger partial charge on any atom is 0.308 e. The summed E-state index contributed by atoms with van der Waals surface area (Å²) in [6.45, 7) is 1.37. The maximum atomic E-state index is 11.0. The zero-order chi connectivity index (χ0) is 13.5. The Morgan fingerprint density at radius 1 is 1.11 bits per heavy atom. The SMILES string of the molecule is CC(=O)Oc1ccccc1/C=N/Nc1ccccc1. The molecule has 0 aliphatic carbocycles. The average Bonchev–Trinajstić information content (AvgIpc) is 2.41. The molecule has 0 radical (unpaired) electrons. The Bertz CT molecular complexity index is 580. The second-order valence-corrected chi connectivity index (χ2v) is 3.87. The summed E-state index contributed by atoms with van der Waals surface area (Å²) in [5, 5.41) is 4.11. The predicted octanol–water partition coefficient (Wildman–Crippen LogP) is 3.06. The van der Waals surface area contributed by atoms with Gasteiger partial charge in [0.2, 0.25) is 0 Å². The maximum absolute atomic E-state index is 11.0. The van der Waals surface area contributed by atoms with Gasteiger partial charge in [-0.3, -0.25) is 10.2 Å². The van der Waals surface area contributed by atoms with E-state index in [0.717, 1.165) is 11.3 Å². The number of ether oxygens (including phenoxy) is 1. The highest BCUT2D eigenvalue weighted by Crippen LogP contribution is 2.16. The fourth-order valence-corrected chi connectivity index (χ4v) is 1.52. The molecule has 0 aliphatic rings. The highest BCUT2D eigenvalue weighted by molar-refractivity contribution is 5.85. The van der Waals surface area contributed by atoms with Crippen molar-refractivity contribution in [3.63, 3.8) is 0 Å². The van der Waals surface area contributed by atoms with Crippen LogP contribution in [0.25, 0.3) is 0 Å². The summed E-state index contributed by atoms with van der Waals surface area (Å²) >= 11 is 0. The molecule has 4 nitrogen and oxygen atoms in total. The second-order valence-electron chi connectivity index (χ2n) is 3.87. The third-order valence-electron chi connectivity index (χ3n) is 2.34. The number of benzene rings is 2. The standard InChI is InChI=1S/C15H14N2O2/c1-12(18)19-15-10-6-5-7-13(15)11-16-17-14-8-3-2-4-9-14/h2-11,17H,1H3/b16-11+. The molecule has 0 aromatic heterocycles. The van der Waals surface area contributed by atoms with Gasteiger partial charge in [-0.2, -0.15) is 5.10 Å². The van der Waals surface area contributed by atoms with Crippen molar-refractivity contribution in [3.8, 4) is 5.75 Å². The van der Waals surface area contributed by atoms with Gasteiger partial charge in [0.1, 0.15) is 5.75 Å². The van der Waals surface area contributed by atoms with Crippen LogP contribution in [0, 0.1) is 0 Å². The first-order chi connectivity index (χ1) is 9.25. The number of rotatable bonds is 4. The average molecular weight is 254 g/mol. The monoisotopic (exact) mass is 254 g/mol. The molecule has 2 aromatic rings. The zero-order valence-corrected chi connectivity index (χ0v) is 10.5. The lowest BCUT2D eigenvalue weighted by atomic mass is 10.2. The molecule has 0 saturated carbocycles. The topological polar surface area (TPSA) is 50.7 Å². The van der Waals surface area contributed by atoms with Crippen LogP contribution < -0.4 is 10.2 Å². The molecule has 0 amide bonds. The molecule has 1 N–H and O–H groups in total. The van der Waals surface area contributed by atoms with E-state index in [9.17, 15) is 4.79 Å². The normalized spacial score (nSPS) is 10.4. The molecule has 2 aromatic carbocycles. The van der Waals surface area contributed by atoms with E-state index in [1.54, 1.807) is 18.3 Å². The van der Waals surface area contributed by atoms with E-state index in [0.29, 0.717) is 5.75 Å². The third-order valence-corrected chi connectivity index (χ3v) is 2.34. The Morgan fingerprint density at radius 3 is 2.53 bits per heavy atom. The second kappa shape index (κ2) is 6.35. The number of nitrogens with one attached hydrogen (secondary N) is 1. The molecule has 0 fully saturated rings. The van der Waals surface area contributed by atoms with Gasteiger partial charge in [0.15, 0.2) is 0 Å². The number of hydrogen-bond donors (Lipinski definition) is 1. The highest BCUT2D eigenvalue weighted by Gasteiger charge is 2.02. The van der Waals surface area contributed by atoms with Gasteiger partial charge >= 0.3 is 5.97 Å². The van der Waals surface area contributed by atoms with E-state index in [2.05, 4.69) is 10.5 Å². The van der Waals surface area contributed by atoms with Crippen molar-refractivity contribution in [2.24, 2.45) is 5.10 Å². The number of para-hydroxylation sites is 2. The van der Waals surface area contributed by atoms with Crippen LogP contribution in [0.5, 0.6) is 5.75 Å². The first-order valence-electron chi connectivity index (χ1n) is 5.87. The minimum absolute atomic E-state index is 0.350. The van der Waals surface area contributed by atoms with E-state index in [-0.39, 0.29) is 5.97 Å². The van der Waals surface area contributed by atoms with Gasteiger partial charge in [-0.1, -0.05) is 30.3 Å². The smallest absolute Gasteiger partial charge is 0.308 e. The Hall–Kier alpha value is -2.62. The van der Waals surface area contributed by atoms with E-state index in [1.165, 1.54) is 6.92 Å². The number of hydrazone groups is 1. The minimum atomic E-state index is -0.350. The van der Waals surface area contributed by atoms with Crippen LogP contribution >= 0.6 is 0 Å². The molecule has 2 rings (SSSR count). The first kappa shape index (κ1) is 12.8. The molecule has 4 heteroatoms. The van der Waals surface area contributed by atoms with Crippen molar-refractivity contribution >= 4 is 17.9 Å². The lowest BCUT2D eigenvalue weighted by Crippen LogP contribution is -2.03. The van der Waals surface area contributed by atoms with Gasteiger partial charge < -0.3 is 4.74 Å². The quantitative estimate of drug-likeness (QED) is 0.395. The van der Waals surface area contributed by atoms with Gasteiger partial charge in [-0.25, -0.2) is 0 Å². The fourth-order valence-electron chi connectivity index (χ4n) is 1.52. The van der Waals surface area contributed by atoms with Gasteiger partial charge in [-0.05, 0) is 24.3 Å². The Labute approximate surface area is 111 Å². The summed E-state index contributed by atoms with van der Waals surface area (Å²) in [6.07, 6.45) is 1.62. The van der Waals surface area contributed by atoms with Crippen LogP contribution in [0.15, 0.2) is 59.7 Å². The van der Waals surface area contributed by atoms with Crippen LogP contribution in [0.2, 0.25) is 0 Å². The summed E-state index contributed by atoms with van der Waals surface area (Å²) < 4.78 is 5.09. The van der Waals surface area contributed by atoms with E-state index in [4.69, 9.17) is 4.74 Å². The van der Waals surface area contributed by atoms with E-state index < -0.39 is 0 Å². The molecule has 0 spiro atoms. The summed E-state index contributed by atoms with van der Waals surface area (Å²) in [6, 6.07) is 16.8. The van der Waals surface area contributed by atoms with Gasteiger partial charge in [-0.15, -0.1) is 0 Å². The third kappa shape index (κ3) is 3.96. The van der Waals surface area contributed by atoms with Crippen molar-refractivity contribution in [1.29, 1.82) is 0 Å². The lowest BCUT2D eigenvalue weighted by Gasteiger charge is -2.04. The Morgan fingerprint density at radius 2 is 1.79 bits per heavy atom. The van der Waals surface area contributed by atoms with E-state index in [1.807, 2.05) is 42.5 Å². The number of carbonyl (C=O) groups excluding carboxylic acids is 1. The number of esters is 1. The van der Waals surface area contributed by atoms with Crippen molar-refractivity contribution in [3.05, 3.63) is 60.2 Å². The van der Waals surface area contributed by atoms with Crippen LogP contribution in [-0.2, 0) is 4.79 Å². The van der Waals surface area contributed by atoms with Gasteiger partial charge in [0.25, 0.3) is 0 Å². The van der Waals surface area contributed by atoms with Crippen molar-refractivity contribution in [2.45, 2.75) is 6.92 Å². The van der Waals surface area contributed by atoms with E-state index >= 15 is 0 Å². The van der Waals surface area contributed by atoms with Gasteiger partial charge in [0.05, 0.1) is 11.9 Å². The molecular weight excluding hydrogens is 240 g/mol. The van der Waals surface area contributed by atoms with Crippen LogP contribution in [0.1, 0.15) is 12.5 Å². The van der Waals surface area contributed by atoms with Crippen LogP contribution in [0.4, 0.5) is 5.69 Å². The molecule has 0 atom stereocenters. The van der Waals surface area contributed by atoms with Crippen LogP contribution in [0.3, 0.4) is 0 Å². The molecule has 19 heavy (non-hydrogen) atoms. The molecule has 0 unspecified atom stereocenters. The molecule has 0 heterocycles. The summed E-state index contributed by atoms with van der Waals surface area (Å²) in [5.41, 5.74) is 4.53. The number of nitrogens with zero attached hydrogens (tertiary/aromatic N) is 1. The summed E-state index contributed by atoms with van der Waals surface area (Å²) in [5.74, 6) is 0.144. The molecule has 0 bridgehead atoms. The van der Waals surface area contributed by atoms with Gasteiger partial charge in [0, 0.05) is 12.5 Å². The predicted molar refractivity (Wildman–Crippen MR) is 75.4 cm³/mol. The highest BCUT2D eigenvalue weighted by atomic mass is 16.5. The molecular formula is C15H14N2O2. The Balaban J connectivity index is 2.08. The largest absolute Gasteiger partial charge is 0.426 e. The van der Waals surface area contributed by atoms with Crippen LogP contribution in [-0.4, -0.2) is 12.2 Å². The summed E-state index contributed by atoms with van der Waals surface area (Å²) in [4.78, 5) is 11.0. The van der Waals surface area contributed by atoms with Crippen molar-refractivity contribution in [2.75, 3.05) is 5.43 Å².